The van der Waals surface area contributed by atoms with Crippen LogP contribution >= 0.6 is 11.9 Å². The monoisotopic (exact) mass is 538 g/mol. The molecule has 1 aliphatic carbocycles. The van der Waals surface area contributed by atoms with Gasteiger partial charge < -0.3 is 10.4 Å². The number of amides is 1. The van der Waals surface area contributed by atoms with Gasteiger partial charge in [-0.2, -0.15) is 0 Å². The first kappa shape index (κ1) is 31.5. The summed E-state index contributed by atoms with van der Waals surface area (Å²) < 4.78 is 16.9. The number of hydrogen-bond donors (Lipinski definition) is 3. The van der Waals surface area contributed by atoms with Gasteiger partial charge in [0.15, 0.2) is 0 Å². The molecular formula is C32H43FN2O2S. The van der Waals surface area contributed by atoms with Crippen LogP contribution in [0.25, 0.3) is 0 Å². The summed E-state index contributed by atoms with van der Waals surface area (Å²) in [5.41, 5.74) is 3.43. The third kappa shape index (κ3) is 9.90. The molecule has 0 aromatic heterocycles. The quantitative estimate of drug-likeness (QED) is 0.251. The van der Waals surface area contributed by atoms with Crippen LogP contribution in [0.4, 0.5) is 4.39 Å². The van der Waals surface area contributed by atoms with Crippen molar-refractivity contribution in [2.45, 2.75) is 70.9 Å². The number of carbonyl (C=O) groups excluding carboxylic acids is 1. The Morgan fingerprint density at radius 3 is 2.29 bits per heavy atom. The van der Waals surface area contributed by atoms with Crippen molar-refractivity contribution in [1.29, 1.82) is 0 Å². The Morgan fingerprint density at radius 2 is 1.66 bits per heavy atom. The zero-order valence-corrected chi connectivity index (χ0v) is 24.1. The minimum Gasteiger partial charge on any atom is -0.390 e. The average Bonchev–Trinajstić information content (AvgIpc) is 3.25. The second kappa shape index (κ2) is 17.0. The molecule has 38 heavy (non-hydrogen) atoms. The number of aryl methyl sites for hydroxylation is 1. The Morgan fingerprint density at radius 1 is 1.03 bits per heavy atom. The van der Waals surface area contributed by atoms with Crippen LogP contribution in [-0.4, -0.2) is 23.7 Å². The number of benzene rings is 3. The molecule has 4 atom stereocenters. The summed E-state index contributed by atoms with van der Waals surface area (Å²) in [6.45, 7) is 10.9. The smallest absolute Gasteiger partial charge is 0.223 e. The van der Waals surface area contributed by atoms with E-state index >= 15 is 0 Å². The highest BCUT2D eigenvalue weighted by molar-refractivity contribution is 7.97. The number of carbonyl (C=O) groups is 1. The van der Waals surface area contributed by atoms with Gasteiger partial charge in [-0.05, 0) is 60.9 Å². The van der Waals surface area contributed by atoms with Gasteiger partial charge in [0.05, 0.1) is 17.0 Å². The lowest BCUT2D eigenvalue weighted by Gasteiger charge is -2.24. The summed E-state index contributed by atoms with van der Waals surface area (Å²) in [5, 5.41) is 13.5. The van der Waals surface area contributed by atoms with Crippen LogP contribution in [0.2, 0.25) is 0 Å². The number of rotatable bonds is 9. The van der Waals surface area contributed by atoms with Gasteiger partial charge in [-0.25, -0.2) is 4.39 Å². The Balaban J connectivity index is 0.000000481. The molecule has 3 N–H and O–H groups in total. The molecular weight excluding hydrogens is 495 g/mol. The van der Waals surface area contributed by atoms with Crippen LogP contribution in [0.3, 0.4) is 0 Å². The van der Waals surface area contributed by atoms with Crippen LogP contribution in [0.5, 0.6) is 0 Å². The molecule has 1 amide bonds. The van der Waals surface area contributed by atoms with E-state index in [9.17, 15) is 14.3 Å². The van der Waals surface area contributed by atoms with E-state index in [-0.39, 0.29) is 29.6 Å². The van der Waals surface area contributed by atoms with Gasteiger partial charge in [-0.3, -0.25) is 9.52 Å². The Hall–Kier alpha value is -2.67. The molecule has 6 heteroatoms. The number of nitrogens with one attached hydrogen (secondary N) is 2. The average molecular weight is 539 g/mol. The van der Waals surface area contributed by atoms with Gasteiger partial charge in [0.25, 0.3) is 0 Å². The predicted octanol–water partition coefficient (Wildman–Crippen LogP) is 7.27. The van der Waals surface area contributed by atoms with Crippen molar-refractivity contribution >= 4 is 17.9 Å². The van der Waals surface area contributed by atoms with E-state index in [0.717, 1.165) is 24.0 Å². The molecule has 0 heterocycles. The normalized spacial score (nSPS) is 17.1. The van der Waals surface area contributed by atoms with Gasteiger partial charge in [0.2, 0.25) is 5.91 Å². The molecule has 0 fully saturated rings. The fourth-order valence-corrected chi connectivity index (χ4v) is 5.21. The number of halogens is 1. The second-order valence-corrected chi connectivity index (χ2v) is 10.4. The summed E-state index contributed by atoms with van der Waals surface area (Å²) >= 11 is 1.28. The summed E-state index contributed by atoms with van der Waals surface area (Å²) in [5.74, 6) is -0.114. The molecule has 4 rings (SSSR count). The van der Waals surface area contributed by atoms with E-state index in [2.05, 4.69) is 36.0 Å². The van der Waals surface area contributed by atoms with Crippen LogP contribution in [0, 0.1) is 24.6 Å². The van der Waals surface area contributed by atoms with Crippen LogP contribution in [0.1, 0.15) is 63.3 Å². The minimum absolute atomic E-state index is 0.0122. The maximum absolute atomic E-state index is 13.7. The van der Waals surface area contributed by atoms with Crippen molar-refractivity contribution < 1.29 is 14.3 Å². The van der Waals surface area contributed by atoms with Gasteiger partial charge >= 0.3 is 0 Å². The summed E-state index contributed by atoms with van der Waals surface area (Å²) in [6.07, 6.45) is 1.47. The molecule has 3 aromatic carbocycles. The second-order valence-electron chi connectivity index (χ2n) is 9.44. The van der Waals surface area contributed by atoms with Gasteiger partial charge in [0, 0.05) is 18.9 Å². The van der Waals surface area contributed by atoms with Crippen molar-refractivity contribution in [3.63, 3.8) is 0 Å². The molecule has 3 aromatic rings. The molecule has 0 radical (unpaired) electrons. The standard InChI is InChI=1S/C23H29FN2O2S.C7H8.C2H6/c1-3-16(12-15(2)14-25-29-21-11-7-6-10-19(21)24)23(28)26-22-18-9-5-4-8-17(18)13-20(22)27;1-7-5-3-2-4-6-7;1-2/h4-11,15-16,20,22,25,27H,3,12-14H2,1-2H3,(H,26,28);2-6H,1H3;1-2H3. The topological polar surface area (TPSA) is 61.4 Å². The molecule has 0 aliphatic heterocycles. The van der Waals surface area contributed by atoms with E-state index < -0.39 is 6.10 Å². The first-order valence-electron chi connectivity index (χ1n) is 13.6. The maximum Gasteiger partial charge on any atom is 0.223 e. The third-order valence-electron chi connectivity index (χ3n) is 6.44. The lowest BCUT2D eigenvalue weighted by Crippen LogP contribution is -2.38. The van der Waals surface area contributed by atoms with E-state index in [0.29, 0.717) is 17.9 Å². The Kier molecular flexibility index (Phi) is 14.1. The number of aliphatic hydroxyl groups is 1. The van der Waals surface area contributed by atoms with Gasteiger partial charge in [-0.1, -0.05) is 100.0 Å². The largest absolute Gasteiger partial charge is 0.390 e. The van der Waals surface area contributed by atoms with Gasteiger partial charge in [0.1, 0.15) is 5.82 Å². The molecule has 4 nitrogen and oxygen atoms in total. The van der Waals surface area contributed by atoms with E-state index in [1.54, 1.807) is 12.1 Å². The van der Waals surface area contributed by atoms with E-state index in [4.69, 9.17) is 0 Å². The first-order chi connectivity index (χ1) is 18.4. The van der Waals surface area contributed by atoms with Crippen LogP contribution in [-0.2, 0) is 11.2 Å². The number of fused-ring (bicyclic) bond motifs is 1. The van der Waals surface area contributed by atoms with Crippen molar-refractivity contribution in [3.8, 4) is 0 Å². The lowest BCUT2D eigenvalue weighted by atomic mass is 9.92. The molecule has 0 saturated heterocycles. The molecule has 0 spiro atoms. The predicted molar refractivity (Wildman–Crippen MR) is 157 cm³/mol. The summed E-state index contributed by atoms with van der Waals surface area (Å²) in [6, 6.07) is 24.5. The fraction of sp³-hybridized carbons (Fsp3) is 0.406. The molecule has 0 bridgehead atoms. The first-order valence-corrected chi connectivity index (χ1v) is 14.4. The van der Waals surface area contributed by atoms with Crippen molar-refractivity contribution in [1.82, 2.24) is 10.0 Å². The van der Waals surface area contributed by atoms with Crippen LogP contribution in [0.15, 0.2) is 83.8 Å². The van der Waals surface area contributed by atoms with Gasteiger partial charge in [-0.15, -0.1) is 0 Å². The summed E-state index contributed by atoms with van der Waals surface area (Å²) in [4.78, 5) is 13.4. The molecule has 0 saturated carbocycles. The fourth-order valence-electron chi connectivity index (χ4n) is 4.37. The highest BCUT2D eigenvalue weighted by Gasteiger charge is 2.33. The van der Waals surface area contributed by atoms with E-state index in [1.807, 2.05) is 69.3 Å². The molecule has 206 valence electrons. The molecule has 1 aliphatic rings. The Labute approximate surface area is 232 Å². The minimum atomic E-state index is -0.579. The van der Waals surface area contributed by atoms with Crippen LogP contribution < -0.4 is 10.0 Å². The number of hydrogen-bond acceptors (Lipinski definition) is 4. The zero-order valence-electron chi connectivity index (χ0n) is 23.3. The summed E-state index contributed by atoms with van der Waals surface area (Å²) in [7, 11) is 0. The SMILES string of the molecule is CC.CCC(CC(C)CNSc1ccccc1F)C(=O)NC1c2ccccc2CC1O.Cc1ccccc1. The highest BCUT2D eigenvalue weighted by atomic mass is 32.2. The number of aliphatic hydroxyl groups excluding tert-OH is 1. The maximum atomic E-state index is 13.7. The highest BCUT2D eigenvalue weighted by Crippen LogP contribution is 2.32. The zero-order chi connectivity index (χ0) is 27.9. The van der Waals surface area contributed by atoms with E-state index in [1.165, 1.54) is 23.6 Å². The molecule has 4 unspecified atom stereocenters. The Bertz CT molecular complexity index is 1100. The van der Waals surface area contributed by atoms with Crippen molar-refractivity contribution in [2.75, 3.05) is 6.54 Å². The van der Waals surface area contributed by atoms with Crippen molar-refractivity contribution in [2.24, 2.45) is 11.8 Å². The lowest BCUT2D eigenvalue weighted by molar-refractivity contribution is -0.127. The van der Waals surface area contributed by atoms with Crippen molar-refractivity contribution in [3.05, 3.63) is 101 Å². The third-order valence-corrected chi connectivity index (χ3v) is 7.31.